The monoisotopic (exact) mass is 528 g/mol. The standard InChI is InChI=1S/C25H29BrN4O4/c1-17-19-14-18(26)15-22(24(19)29-16-28-17)33-13-9-5-3-2-4-6-12-23(31)30-20-10-7-8-11-21(20)34-25(27)32/h7-8,10-11,14-16H,2-6,9,12-13H2,1H3,(H2,27,32)(H,30,31). The summed E-state index contributed by atoms with van der Waals surface area (Å²) in [7, 11) is 0. The summed E-state index contributed by atoms with van der Waals surface area (Å²) in [6.45, 7) is 2.59. The number of nitrogens with two attached hydrogens (primary N) is 1. The number of amides is 2. The Bertz CT molecular complexity index is 1140. The molecule has 3 aromatic rings. The van der Waals surface area contributed by atoms with Crippen LogP contribution in [0.25, 0.3) is 10.9 Å². The lowest BCUT2D eigenvalue weighted by Gasteiger charge is -2.11. The largest absolute Gasteiger partial charge is 0.491 e. The summed E-state index contributed by atoms with van der Waals surface area (Å²) < 4.78 is 11.8. The lowest BCUT2D eigenvalue weighted by molar-refractivity contribution is -0.116. The second-order valence-electron chi connectivity index (χ2n) is 7.94. The number of fused-ring (bicyclic) bond motifs is 1. The summed E-state index contributed by atoms with van der Waals surface area (Å²) in [5.41, 5.74) is 7.25. The van der Waals surface area contributed by atoms with E-state index in [9.17, 15) is 9.59 Å². The summed E-state index contributed by atoms with van der Waals surface area (Å²) in [4.78, 5) is 31.8. The normalized spacial score (nSPS) is 10.8. The van der Waals surface area contributed by atoms with E-state index in [0.29, 0.717) is 18.7 Å². The van der Waals surface area contributed by atoms with Crippen LogP contribution in [0, 0.1) is 6.92 Å². The van der Waals surface area contributed by atoms with Gasteiger partial charge in [0.2, 0.25) is 5.91 Å². The molecule has 2 amide bonds. The average Bonchev–Trinajstić information content (AvgIpc) is 2.79. The Morgan fingerprint density at radius 2 is 1.74 bits per heavy atom. The molecule has 3 rings (SSSR count). The minimum atomic E-state index is -0.916. The number of hydrogen-bond donors (Lipinski definition) is 2. The van der Waals surface area contributed by atoms with Crippen LogP contribution < -0.4 is 20.5 Å². The zero-order chi connectivity index (χ0) is 24.3. The minimum Gasteiger partial charge on any atom is -0.491 e. The quantitative estimate of drug-likeness (QED) is 0.282. The molecule has 2 aromatic carbocycles. The van der Waals surface area contributed by atoms with Crippen molar-refractivity contribution in [1.29, 1.82) is 0 Å². The van der Waals surface area contributed by atoms with Gasteiger partial charge in [-0.3, -0.25) is 4.79 Å². The van der Waals surface area contributed by atoms with Crippen molar-refractivity contribution in [1.82, 2.24) is 9.97 Å². The van der Waals surface area contributed by atoms with E-state index in [1.54, 1.807) is 30.6 Å². The summed E-state index contributed by atoms with van der Waals surface area (Å²) in [5.74, 6) is 0.891. The van der Waals surface area contributed by atoms with Crippen LogP contribution in [-0.2, 0) is 4.79 Å². The molecular weight excluding hydrogens is 500 g/mol. The Labute approximate surface area is 207 Å². The Hall–Kier alpha value is -3.20. The highest BCUT2D eigenvalue weighted by molar-refractivity contribution is 9.10. The fourth-order valence-corrected chi connectivity index (χ4v) is 4.03. The number of ether oxygens (including phenoxy) is 2. The Balaban J connectivity index is 1.30. The van der Waals surface area contributed by atoms with Crippen LogP contribution in [0.2, 0.25) is 0 Å². The van der Waals surface area contributed by atoms with Gasteiger partial charge in [-0.15, -0.1) is 0 Å². The third kappa shape index (κ3) is 7.69. The lowest BCUT2D eigenvalue weighted by atomic mass is 10.1. The molecule has 8 nitrogen and oxygen atoms in total. The first-order valence-corrected chi connectivity index (χ1v) is 12.1. The molecule has 9 heteroatoms. The van der Waals surface area contributed by atoms with Crippen LogP contribution in [0.3, 0.4) is 0 Å². The molecule has 1 heterocycles. The fraction of sp³-hybridized carbons (Fsp3) is 0.360. The predicted molar refractivity (Wildman–Crippen MR) is 135 cm³/mol. The summed E-state index contributed by atoms with van der Waals surface area (Å²) >= 11 is 3.53. The van der Waals surface area contributed by atoms with Crippen molar-refractivity contribution >= 4 is 44.5 Å². The molecule has 34 heavy (non-hydrogen) atoms. The SMILES string of the molecule is Cc1ncnc2c(OCCCCCCCCC(=O)Nc3ccccc3OC(N)=O)cc(Br)cc12. The van der Waals surface area contributed by atoms with Gasteiger partial charge < -0.3 is 20.5 Å². The zero-order valence-electron chi connectivity index (χ0n) is 19.2. The van der Waals surface area contributed by atoms with Gasteiger partial charge in [0.05, 0.1) is 12.3 Å². The Kier molecular flexibility index (Phi) is 9.63. The average molecular weight is 529 g/mol. The Morgan fingerprint density at radius 3 is 2.53 bits per heavy atom. The Morgan fingerprint density at radius 1 is 1.00 bits per heavy atom. The topological polar surface area (TPSA) is 116 Å². The first-order chi connectivity index (χ1) is 16.4. The third-order valence-corrected chi connectivity index (χ3v) is 5.75. The highest BCUT2D eigenvalue weighted by Gasteiger charge is 2.10. The number of para-hydroxylation sites is 2. The van der Waals surface area contributed by atoms with E-state index in [2.05, 4.69) is 31.2 Å². The van der Waals surface area contributed by atoms with E-state index in [-0.39, 0.29) is 11.7 Å². The smallest absolute Gasteiger partial charge is 0.410 e. The molecule has 180 valence electrons. The van der Waals surface area contributed by atoms with Crippen LogP contribution in [-0.4, -0.2) is 28.6 Å². The molecule has 0 aliphatic heterocycles. The molecule has 0 atom stereocenters. The van der Waals surface area contributed by atoms with Crippen LogP contribution in [0.5, 0.6) is 11.5 Å². The van der Waals surface area contributed by atoms with Gasteiger partial charge in [-0.05, 0) is 44.0 Å². The molecule has 0 saturated heterocycles. The van der Waals surface area contributed by atoms with Gasteiger partial charge in [0.1, 0.15) is 17.6 Å². The molecule has 0 radical (unpaired) electrons. The highest BCUT2D eigenvalue weighted by atomic mass is 79.9. The molecule has 1 aromatic heterocycles. The van der Waals surface area contributed by atoms with Crippen molar-refractivity contribution < 1.29 is 19.1 Å². The third-order valence-electron chi connectivity index (χ3n) is 5.30. The van der Waals surface area contributed by atoms with Crippen molar-refractivity contribution in [3.05, 3.63) is 52.9 Å². The summed E-state index contributed by atoms with van der Waals surface area (Å²) in [6.07, 6.45) is 6.98. The maximum absolute atomic E-state index is 12.2. The number of hydrogen-bond acceptors (Lipinski definition) is 6. The van der Waals surface area contributed by atoms with Crippen LogP contribution in [0.15, 0.2) is 47.2 Å². The molecule has 0 aliphatic rings. The lowest BCUT2D eigenvalue weighted by Crippen LogP contribution is -2.18. The van der Waals surface area contributed by atoms with Crippen molar-refractivity contribution in [2.45, 2.75) is 51.9 Å². The molecule has 0 saturated carbocycles. The summed E-state index contributed by atoms with van der Waals surface area (Å²) in [5, 5.41) is 3.76. The number of unbranched alkanes of at least 4 members (excludes halogenated alkanes) is 5. The van der Waals surface area contributed by atoms with Gasteiger partial charge in [-0.1, -0.05) is 53.7 Å². The number of carbonyl (C=O) groups is 2. The van der Waals surface area contributed by atoms with E-state index in [1.807, 2.05) is 19.1 Å². The van der Waals surface area contributed by atoms with E-state index < -0.39 is 6.09 Å². The van der Waals surface area contributed by atoms with Crippen LogP contribution in [0.4, 0.5) is 10.5 Å². The molecule has 0 fully saturated rings. The van der Waals surface area contributed by atoms with Crippen LogP contribution >= 0.6 is 15.9 Å². The molecular formula is C25H29BrN4O4. The van der Waals surface area contributed by atoms with Crippen LogP contribution in [0.1, 0.15) is 50.6 Å². The molecule has 0 aliphatic carbocycles. The number of rotatable bonds is 12. The maximum atomic E-state index is 12.2. The number of anilines is 1. The van der Waals surface area contributed by atoms with E-state index in [4.69, 9.17) is 15.2 Å². The highest BCUT2D eigenvalue weighted by Crippen LogP contribution is 2.30. The van der Waals surface area contributed by atoms with E-state index in [0.717, 1.165) is 65.3 Å². The van der Waals surface area contributed by atoms with Gasteiger partial charge in [0.15, 0.2) is 5.75 Å². The zero-order valence-corrected chi connectivity index (χ0v) is 20.8. The molecule has 0 spiro atoms. The minimum absolute atomic E-state index is 0.116. The first kappa shape index (κ1) is 25.4. The molecule has 3 N–H and O–H groups in total. The number of benzene rings is 2. The van der Waals surface area contributed by atoms with E-state index >= 15 is 0 Å². The first-order valence-electron chi connectivity index (χ1n) is 11.3. The number of nitrogens with zero attached hydrogens (tertiary/aromatic N) is 2. The van der Waals surface area contributed by atoms with Crippen molar-refractivity contribution in [2.24, 2.45) is 5.73 Å². The maximum Gasteiger partial charge on any atom is 0.410 e. The number of aryl methyl sites for hydroxylation is 1. The number of halogens is 1. The second-order valence-corrected chi connectivity index (χ2v) is 8.86. The van der Waals surface area contributed by atoms with Gasteiger partial charge in [0, 0.05) is 22.0 Å². The molecule has 0 bridgehead atoms. The van der Waals surface area contributed by atoms with Gasteiger partial charge in [0.25, 0.3) is 0 Å². The van der Waals surface area contributed by atoms with Gasteiger partial charge in [-0.25, -0.2) is 14.8 Å². The summed E-state index contributed by atoms with van der Waals surface area (Å²) in [6, 6.07) is 10.7. The number of primary amides is 1. The van der Waals surface area contributed by atoms with Crippen molar-refractivity contribution in [2.75, 3.05) is 11.9 Å². The van der Waals surface area contributed by atoms with Gasteiger partial charge in [-0.2, -0.15) is 0 Å². The number of carbonyl (C=O) groups excluding carboxylic acids is 2. The number of nitrogens with one attached hydrogen (secondary N) is 1. The van der Waals surface area contributed by atoms with Crippen molar-refractivity contribution in [3.63, 3.8) is 0 Å². The molecule has 0 unspecified atom stereocenters. The number of aromatic nitrogens is 2. The predicted octanol–water partition coefficient (Wildman–Crippen LogP) is 5.91. The second kappa shape index (κ2) is 12.9. The van der Waals surface area contributed by atoms with E-state index in [1.165, 1.54) is 0 Å². The van der Waals surface area contributed by atoms with Gasteiger partial charge >= 0.3 is 6.09 Å². The fourth-order valence-electron chi connectivity index (χ4n) is 3.59. The van der Waals surface area contributed by atoms with Crippen molar-refractivity contribution in [3.8, 4) is 11.5 Å².